The number of aryl methyl sites for hydroxylation is 1. The van der Waals surface area contributed by atoms with E-state index in [0.29, 0.717) is 23.5 Å². The summed E-state index contributed by atoms with van der Waals surface area (Å²) in [6.45, 7) is 4.26. The minimum atomic E-state index is -0.189. The Morgan fingerprint density at radius 1 is 1.16 bits per heavy atom. The predicted octanol–water partition coefficient (Wildman–Crippen LogP) is 4.58. The minimum absolute atomic E-state index is 0.189. The number of hydrogen-bond donors (Lipinski definition) is 1. The van der Waals surface area contributed by atoms with E-state index in [1.807, 2.05) is 61.0 Å². The van der Waals surface area contributed by atoms with E-state index < -0.39 is 0 Å². The van der Waals surface area contributed by atoms with E-state index >= 15 is 0 Å². The largest absolute Gasteiger partial charge is 0.487 e. The van der Waals surface area contributed by atoms with Gasteiger partial charge in [0.15, 0.2) is 0 Å². The second kappa shape index (κ2) is 8.72. The summed E-state index contributed by atoms with van der Waals surface area (Å²) in [6, 6.07) is 20.2. The highest BCUT2D eigenvalue weighted by Crippen LogP contribution is 2.18. The molecule has 4 rings (SSSR count). The molecule has 2 aromatic heterocycles. The van der Waals surface area contributed by atoms with Gasteiger partial charge in [-0.3, -0.25) is 4.79 Å². The molecule has 1 amide bonds. The molecule has 0 aliphatic carbocycles. The summed E-state index contributed by atoms with van der Waals surface area (Å²) in [6.07, 6.45) is 3.96. The van der Waals surface area contributed by atoms with Crippen molar-refractivity contribution in [3.63, 3.8) is 0 Å². The molecule has 0 saturated heterocycles. The standard InChI is InChI=1S/C25H22N4O2/c1-17-6-11-24-28-22(15-29(24)14-17)16-31-23-5-3-4-21(12-23)25(30)27-18(2)20-9-7-19(13-26)8-10-20/h3-12,14-15,18H,16H2,1-2H3,(H,27,30). The van der Waals surface area contributed by atoms with E-state index in [9.17, 15) is 4.79 Å². The van der Waals surface area contributed by atoms with Crippen molar-refractivity contribution in [1.82, 2.24) is 14.7 Å². The van der Waals surface area contributed by atoms with Gasteiger partial charge in [0.2, 0.25) is 0 Å². The molecule has 0 bridgehead atoms. The molecule has 0 saturated carbocycles. The van der Waals surface area contributed by atoms with Crippen LogP contribution in [0.1, 0.15) is 45.7 Å². The van der Waals surface area contributed by atoms with Crippen LogP contribution < -0.4 is 10.1 Å². The van der Waals surface area contributed by atoms with Gasteiger partial charge in [-0.1, -0.05) is 24.3 Å². The summed E-state index contributed by atoms with van der Waals surface area (Å²) in [5.74, 6) is 0.414. The number of hydrogen-bond acceptors (Lipinski definition) is 4. The Hall–Kier alpha value is -4.11. The van der Waals surface area contributed by atoms with E-state index in [1.165, 1.54) is 0 Å². The Bertz CT molecular complexity index is 1270. The number of ether oxygens (including phenoxy) is 1. The SMILES string of the molecule is Cc1ccc2nc(COc3cccc(C(=O)NC(C)c4ccc(C#N)cc4)c3)cn2c1. The van der Waals surface area contributed by atoms with Gasteiger partial charge in [-0.25, -0.2) is 4.98 Å². The zero-order valence-corrected chi connectivity index (χ0v) is 17.4. The van der Waals surface area contributed by atoms with Crippen LogP contribution >= 0.6 is 0 Å². The maximum absolute atomic E-state index is 12.7. The second-order valence-electron chi connectivity index (χ2n) is 7.45. The number of nitriles is 1. The van der Waals surface area contributed by atoms with Gasteiger partial charge in [0, 0.05) is 18.0 Å². The fourth-order valence-electron chi connectivity index (χ4n) is 3.32. The molecular formula is C25H22N4O2. The number of nitrogens with zero attached hydrogens (tertiary/aromatic N) is 3. The molecule has 4 aromatic rings. The fourth-order valence-corrected chi connectivity index (χ4v) is 3.32. The third kappa shape index (κ3) is 4.73. The first-order valence-corrected chi connectivity index (χ1v) is 10.00. The van der Waals surface area contributed by atoms with Crippen LogP contribution in [-0.4, -0.2) is 15.3 Å². The van der Waals surface area contributed by atoms with Crippen LogP contribution in [0.25, 0.3) is 5.65 Å². The highest BCUT2D eigenvalue weighted by atomic mass is 16.5. The van der Waals surface area contributed by atoms with E-state index in [1.54, 1.807) is 30.3 Å². The molecule has 0 aliphatic rings. The molecule has 1 atom stereocenters. The molecule has 2 aromatic carbocycles. The maximum Gasteiger partial charge on any atom is 0.251 e. The van der Waals surface area contributed by atoms with Gasteiger partial charge in [-0.2, -0.15) is 5.26 Å². The van der Waals surface area contributed by atoms with Crippen molar-refractivity contribution in [2.24, 2.45) is 0 Å². The van der Waals surface area contributed by atoms with Crippen LogP contribution in [0.3, 0.4) is 0 Å². The second-order valence-corrected chi connectivity index (χ2v) is 7.45. The molecule has 0 radical (unpaired) electrons. The van der Waals surface area contributed by atoms with Crippen molar-refractivity contribution in [2.45, 2.75) is 26.5 Å². The first kappa shape index (κ1) is 20.2. The van der Waals surface area contributed by atoms with Gasteiger partial charge < -0.3 is 14.5 Å². The van der Waals surface area contributed by atoms with Gasteiger partial charge in [0.25, 0.3) is 5.91 Å². The van der Waals surface area contributed by atoms with Crippen LogP contribution in [0.5, 0.6) is 5.75 Å². The smallest absolute Gasteiger partial charge is 0.251 e. The van der Waals surface area contributed by atoms with Crippen molar-refractivity contribution in [3.8, 4) is 11.8 Å². The lowest BCUT2D eigenvalue weighted by Crippen LogP contribution is -2.26. The number of fused-ring (bicyclic) bond motifs is 1. The van der Waals surface area contributed by atoms with Crippen molar-refractivity contribution < 1.29 is 9.53 Å². The van der Waals surface area contributed by atoms with Gasteiger partial charge in [0.1, 0.15) is 18.0 Å². The highest BCUT2D eigenvalue weighted by Gasteiger charge is 2.12. The van der Waals surface area contributed by atoms with Crippen LogP contribution in [0.2, 0.25) is 0 Å². The molecular weight excluding hydrogens is 388 g/mol. The molecule has 6 nitrogen and oxygen atoms in total. The quantitative estimate of drug-likeness (QED) is 0.504. The number of amides is 1. The number of carbonyl (C=O) groups is 1. The number of rotatable bonds is 6. The summed E-state index contributed by atoms with van der Waals surface area (Å²) >= 11 is 0. The number of imidazole rings is 1. The Morgan fingerprint density at radius 3 is 2.74 bits per heavy atom. The Kier molecular flexibility index (Phi) is 5.67. The summed E-state index contributed by atoms with van der Waals surface area (Å²) < 4.78 is 7.85. The molecule has 154 valence electrons. The zero-order chi connectivity index (χ0) is 21.8. The average Bonchev–Trinajstić information content (AvgIpc) is 3.20. The molecule has 0 spiro atoms. The highest BCUT2D eigenvalue weighted by molar-refractivity contribution is 5.94. The van der Waals surface area contributed by atoms with E-state index in [2.05, 4.69) is 16.4 Å². The molecule has 0 aliphatic heterocycles. The summed E-state index contributed by atoms with van der Waals surface area (Å²) in [5.41, 5.74) is 4.88. The number of aromatic nitrogens is 2. The lowest BCUT2D eigenvalue weighted by atomic mass is 10.1. The molecule has 1 unspecified atom stereocenters. The molecule has 31 heavy (non-hydrogen) atoms. The first-order chi connectivity index (χ1) is 15.0. The molecule has 2 heterocycles. The van der Waals surface area contributed by atoms with E-state index in [-0.39, 0.29) is 11.9 Å². The summed E-state index contributed by atoms with van der Waals surface area (Å²) in [4.78, 5) is 17.2. The fraction of sp³-hybridized carbons (Fsp3) is 0.160. The molecule has 6 heteroatoms. The van der Waals surface area contributed by atoms with Crippen molar-refractivity contribution in [3.05, 3.63) is 101 Å². The predicted molar refractivity (Wildman–Crippen MR) is 118 cm³/mol. The molecule has 1 N–H and O–H groups in total. The summed E-state index contributed by atoms with van der Waals surface area (Å²) in [7, 11) is 0. The van der Waals surface area contributed by atoms with Gasteiger partial charge in [-0.05, 0) is 61.4 Å². The van der Waals surface area contributed by atoms with E-state index in [0.717, 1.165) is 22.5 Å². The topological polar surface area (TPSA) is 79.4 Å². The number of nitrogens with one attached hydrogen (secondary N) is 1. The van der Waals surface area contributed by atoms with E-state index in [4.69, 9.17) is 10.00 Å². The Labute approximate surface area is 180 Å². The van der Waals surface area contributed by atoms with Gasteiger partial charge in [0.05, 0.1) is 23.4 Å². The Morgan fingerprint density at radius 2 is 1.97 bits per heavy atom. The van der Waals surface area contributed by atoms with Gasteiger partial charge >= 0.3 is 0 Å². The normalized spacial score (nSPS) is 11.6. The van der Waals surface area contributed by atoms with Crippen LogP contribution in [0, 0.1) is 18.3 Å². The number of carbonyl (C=O) groups excluding carboxylic acids is 1. The van der Waals surface area contributed by atoms with Crippen LogP contribution in [0.15, 0.2) is 73.1 Å². The average molecular weight is 410 g/mol. The third-order valence-electron chi connectivity index (χ3n) is 5.02. The lowest BCUT2D eigenvalue weighted by molar-refractivity contribution is 0.0939. The maximum atomic E-state index is 12.7. The summed E-state index contributed by atoms with van der Waals surface area (Å²) in [5, 5.41) is 11.9. The van der Waals surface area contributed by atoms with Crippen LogP contribution in [0.4, 0.5) is 0 Å². The van der Waals surface area contributed by atoms with Gasteiger partial charge in [-0.15, -0.1) is 0 Å². The number of pyridine rings is 1. The third-order valence-corrected chi connectivity index (χ3v) is 5.02. The Balaban J connectivity index is 1.40. The number of benzene rings is 2. The minimum Gasteiger partial charge on any atom is -0.487 e. The molecule has 0 fully saturated rings. The monoisotopic (exact) mass is 410 g/mol. The van der Waals surface area contributed by atoms with Crippen molar-refractivity contribution >= 4 is 11.6 Å². The first-order valence-electron chi connectivity index (χ1n) is 10.00. The van der Waals surface area contributed by atoms with Crippen molar-refractivity contribution in [2.75, 3.05) is 0 Å². The zero-order valence-electron chi connectivity index (χ0n) is 17.4. The lowest BCUT2D eigenvalue weighted by Gasteiger charge is -2.15. The van der Waals surface area contributed by atoms with Crippen LogP contribution in [-0.2, 0) is 6.61 Å². The van der Waals surface area contributed by atoms with Crippen molar-refractivity contribution in [1.29, 1.82) is 5.26 Å².